The Hall–Kier alpha value is -1.36. The van der Waals surface area contributed by atoms with Crippen LogP contribution in [0.1, 0.15) is 66.2 Å². The predicted octanol–water partition coefficient (Wildman–Crippen LogP) is 3.93. The normalized spacial score (nSPS) is 14.2. The third-order valence-electron chi connectivity index (χ3n) is 3.82. The predicted molar refractivity (Wildman–Crippen MR) is 85.1 cm³/mol. The Morgan fingerprint density at radius 2 is 2.00 bits per heavy atom. The molecule has 0 spiro atoms. The number of fused-ring (bicyclic) bond motifs is 1. The molecule has 0 fully saturated rings. The maximum atomic E-state index is 12.1. The summed E-state index contributed by atoms with van der Waals surface area (Å²) in [7, 11) is 1.39. The van der Waals surface area contributed by atoms with Crippen molar-refractivity contribution in [3.8, 4) is 0 Å². The molecule has 0 atom stereocenters. The fraction of sp³-hybridized carbons (Fsp3) is 0.625. The molecule has 1 aromatic heterocycles. The van der Waals surface area contributed by atoms with Crippen LogP contribution in [0, 0.1) is 0 Å². The minimum atomic E-state index is -0.333. The zero-order valence-corrected chi connectivity index (χ0v) is 13.6. The van der Waals surface area contributed by atoms with Gasteiger partial charge in [-0.2, -0.15) is 0 Å². The summed E-state index contributed by atoms with van der Waals surface area (Å²) in [6.45, 7) is 2.06. The summed E-state index contributed by atoms with van der Waals surface area (Å²) in [6.07, 6.45) is 7.69. The van der Waals surface area contributed by atoms with Gasteiger partial charge in [0.2, 0.25) is 5.91 Å². The molecule has 1 N–H and O–H groups in total. The Morgan fingerprint density at radius 3 is 2.71 bits per heavy atom. The van der Waals surface area contributed by atoms with Crippen LogP contribution >= 0.6 is 11.3 Å². The standard InChI is InChI=1S/C16H23NO3S/c1-3-4-10-13(18)17-15-14(16(19)20-2)11-8-6-5-7-9-12(11)21-15/h3-10H2,1-2H3,(H,17,18). The summed E-state index contributed by atoms with van der Waals surface area (Å²) in [5.74, 6) is -0.349. The average molecular weight is 309 g/mol. The number of hydrogen-bond acceptors (Lipinski definition) is 4. The van der Waals surface area contributed by atoms with Crippen LogP contribution in [-0.4, -0.2) is 19.0 Å². The van der Waals surface area contributed by atoms with Gasteiger partial charge in [-0.25, -0.2) is 4.79 Å². The first kappa shape index (κ1) is 16.0. The van der Waals surface area contributed by atoms with Crippen LogP contribution in [0.4, 0.5) is 5.00 Å². The molecule has 2 rings (SSSR count). The lowest BCUT2D eigenvalue weighted by atomic mass is 10.1. The van der Waals surface area contributed by atoms with Gasteiger partial charge < -0.3 is 10.1 Å². The lowest BCUT2D eigenvalue weighted by Gasteiger charge is -2.07. The summed E-state index contributed by atoms with van der Waals surface area (Å²) in [5.41, 5.74) is 1.68. The number of hydrogen-bond donors (Lipinski definition) is 1. The number of esters is 1. The van der Waals surface area contributed by atoms with Gasteiger partial charge in [-0.1, -0.05) is 19.8 Å². The molecule has 0 aliphatic heterocycles. The number of carbonyl (C=O) groups is 2. The summed E-state index contributed by atoms with van der Waals surface area (Å²) >= 11 is 1.55. The molecule has 0 radical (unpaired) electrons. The molecule has 0 saturated heterocycles. The van der Waals surface area contributed by atoms with E-state index in [1.165, 1.54) is 18.4 Å². The smallest absolute Gasteiger partial charge is 0.341 e. The fourth-order valence-electron chi connectivity index (χ4n) is 2.68. The van der Waals surface area contributed by atoms with Gasteiger partial charge in [0, 0.05) is 11.3 Å². The third kappa shape index (κ3) is 3.84. The second-order valence-corrected chi connectivity index (χ2v) is 6.52. The maximum Gasteiger partial charge on any atom is 0.341 e. The lowest BCUT2D eigenvalue weighted by molar-refractivity contribution is -0.116. The van der Waals surface area contributed by atoms with E-state index in [0.29, 0.717) is 17.0 Å². The Kier molecular flexibility index (Phi) is 5.79. The molecule has 0 unspecified atom stereocenters. The molecule has 1 aliphatic carbocycles. The van der Waals surface area contributed by atoms with Crippen LogP contribution in [0.5, 0.6) is 0 Å². The number of unbranched alkanes of at least 4 members (excludes halogenated alkanes) is 1. The number of nitrogens with one attached hydrogen (secondary N) is 1. The Bertz CT molecular complexity index is 522. The van der Waals surface area contributed by atoms with Crippen LogP contribution in [0.3, 0.4) is 0 Å². The van der Waals surface area contributed by atoms with Crippen molar-refractivity contribution >= 4 is 28.2 Å². The van der Waals surface area contributed by atoms with Gasteiger partial charge in [0.25, 0.3) is 0 Å². The van der Waals surface area contributed by atoms with Gasteiger partial charge in [-0.15, -0.1) is 11.3 Å². The molecule has 21 heavy (non-hydrogen) atoms. The van der Waals surface area contributed by atoms with E-state index in [4.69, 9.17) is 4.74 Å². The van der Waals surface area contributed by atoms with Crippen LogP contribution in [0.25, 0.3) is 0 Å². The summed E-state index contributed by atoms with van der Waals surface area (Å²) in [6, 6.07) is 0. The second-order valence-electron chi connectivity index (χ2n) is 5.41. The monoisotopic (exact) mass is 309 g/mol. The summed E-state index contributed by atoms with van der Waals surface area (Å²) < 4.78 is 4.92. The highest BCUT2D eigenvalue weighted by molar-refractivity contribution is 7.17. The first-order chi connectivity index (χ1) is 10.2. The van der Waals surface area contributed by atoms with Gasteiger partial charge in [0.1, 0.15) is 5.00 Å². The van der Waals surface area contributed by atoms with E-state index in [9.17, 15) is 9.59 Å². The Balaban J connectivity index is 2.27. The maximum absolute atomic E-state index is 12.1. The Labute approximate surface area is 129 Å². The molecular weight excluding hydrogens is 286 g/mol. The van der Waals surface area contributed by atoms with E-state index in [1.807, 2.05) is 0 Å². The second kappa shape index (κ2) is 7.59. The topological polar surface area (TPSA) is 55.4 Å². The molecule has 1 amide bonds. The summed E-state index contributed by atoms with van der Waals surface area (Å²) in [5, 5.41) is 3.59. The highest BCUT2D eigenvalue weighted by atomic mass is 32.1. The van der Waals surface area contributed by atoms with E-state index in [0.717, 1.165) is 44.1 Å². The molecule has 4 nitrogen and oxygen atoms in total. The highest BCUT2D eigenvalue weighted by Gasteiger charge is 2.26. The first-order valence-electron chi connectivity index (χ1n) is 7.70. The van der Waals surface area contributed by atoms with Crippen molar-refractivity contribution < 1.29 is 14.3 Å². The number of thiophene rings is 1. The van der Waals surface area contributed by atoms with Crippen LogP contribution < -0.4 is 5.32 Å². The number of anilines is 1. The van der Waals surface area contributed by atoms with E-state index >= 15 is 0 Å². The van der Waals surface area contributed by atoms with Crippen LogP contribution in [0.2, 0.25) is 0 Å². The first-order valence-corrected chi connectivity index (χ1v) is 8.51. The van der Waals surface area contributed by atoms with Crippen molar-refractivity contribution in [1.29, 1.82) is 0 Å². The summed E-state index contributed by atoms with van der Waals surface area (Å²) in [4.78, 5) is 25.3. The van der Waals surface area contributed by atoms with Crippen molar-refractivity contribution in [3.05, 3.63) is 16.0 Å². The van der Waals surface area contributed by atoms with E-state index in [2.05, 4.69) is 12.2 Å². The van der Waals surface area contributed by atoms with Crippen molar-refractivity contribution in [2.24, 2.45) is 0 Å². The molecule has 1 aliphatic rings. The third-order valence-corrected chi connectivity index (χ3v) is 5.03. The fourth-order valence-corrected chi connectivity index (χ4v) is 3.97. The molecule has 1 heterocycles. The number of aryl methyl sites for hydroxylation is 1. The van der Waals surface area contributed by atoms with E-state index < -0.39 is 0 Å². The van der Waals surface area contributed by atoms with Crippen molar-refractivity contribution in [1.82, 2.24) is 0 Å². The van der Waals surface area contributed by atoms with Gasteiger partial charge in [-0.3, -0.25) is 4.79 Å². The largest absolute Gasteiger partial charge is 0.465 e. The number of rotatable bonds is 5. The zero-order valence-electron chi connectivity index (χ0n) is 12.8. The van der Waals surface area contributed by atoms with E-state index in [1.54, 1.807) is 11.3 Å². The van der Waals surface area contributed by atoms with Crippen molar-refractivity contribution in [2.75, 3.05) is 12.4 Å². The van der Waals surface area contributed by atoms with Gasteiger partial charge in [0.05, 0.1) is 12.7 Å². The minimum absolute atomic E-state index is 0.0154. The number of amides is 1. The SMILES string of the molecule is CCCCC(=O)Nc1sc2c(c1C(=O)OC)CCCCC2. The quantitative estimate of drug-likeness (QED) is 0.662. The minimum Gasteiger partial charge on any atom is -0.465 e. The molecule has 116 valence electrons. The van der Waals surface area contributed by atoms with Crippen molar-refractivity contribution in [3.63, 3.8) is 0 Å². The highest BCUT2D eigenvalue weighted by Crippen LogP contribution is 2.38. The molecule has 0 saturated carbocycles. The number of methoxy groups -OCH3 is 1. The molecule has 1 aromatic rings. The lowest BCUT2D eigenvalue weighted by Crippen LogP contribution is -2.14. The van der Waals surface area contributed by atoms with Gasteiger partial charge in [-0.05, 0) is 37.7 Å². The molecule has 5 heteroatoms. The molecular formula is C16H23NO3S. The number of carbonyl (C=O) groups excluding carboxylic acids is 2. The van der Waals surface area contributed by atoms with Gasteiger partial charge >= 0.3 is 5.97 Å². The van der Waals surface area contributed by atoms with Crippen LogP contribution in [-0.2, 0) is 22.4 Å². The molecule has 0 aromatic carbocycles. The van der Waals surface area contributed by atoms with E-state index in [-0.39, 0.29) is 11.9 Å². The van der Waals surface area contributed by atoms with Gasteiger partial charge in [0.15, 0.2) is 0 Å². The number of ether oxygens (including phenoxy) is 1. The average Bonchev–Trinajstić information content (AvgIpc) is 2.66. The Morgan fingerprint density at radius 1 is 1.24 bits per heavy atom. The zero-order chi connectivity index (χ0) is 15.2. The van der Waals surface area contributed by atoms with Crippen molar-refractivity contribution in [2.45, 2.75) is 58.3 Å². The van der Waals surface area contributed by atoms with Crippen LogP contribution in [0.15, 0.2) is 0 Å². The molecule has 0 bridgehead atoms.